The minimum Gasteiger partial charge on any atom is -0.508 e. The van der Waals surface area contributed by atoms with Crippen LogP contribution in [0.3, 0.4) is 0 Å². The number of benzene rings is 2. The van der Waals surface area contributed by atoms with E-state index in [1.54, 1.807) is 24.1 Å². The lowest BCUT2D eigenvalue weighted by Crippen LogP contribution is -2.31. The molecule has 0 fully saturated rings. The van der Waals surface area contributed by atoms with E-state index >= 15 is 0 Å². The molecule has 0 aliphatic carbocycles. The van der Waals surface area contributed by atoms with E-state index in [9.17, 15) is 9.90 Å². The SMILES string of the molecule is Cc1cccc(OCCN(C)C(=O)CCc2ccccc2O)c1. The number of carbonyl (C=O) groups excluding carboxylic acids is 1. The van der Waals surface area contributed by atoms with Crippen LogP contribution in [-0.4, -0.2) is 36.1 Å². The number of aromatic hydroxyl groups is 1. The fourth-order valence-corrected chi connectivity index (χ4v) is 2.28. The summed E-state index contributed by atoms with van der Waals surface area (Å²) >= 11 is 0. The van der Waals surface area contributed by atoms with Crippen molar-refractivity contribution in [2.24, 2.45) is 0 Å². The van der Waals surface area contributed by atoms with E-state index in [0.717, 1.165) is 16.9 Å². The number of hydrogen-bond acceptors (Lipinski definition) is 3. The van der Waals surface area contributed by atoms with Crippen LogP contribution in [-0.2, 0) is 11.2 Å². The van der Waals surface area contributed by atoms with Crippen LogP contribution in [0.1, 0.15) is 17.5 Å². The number of phenols is 1. The van der Waals surface area contributed by atoms with Crippen molar-refractivity contribution in [2.75, 3.05) is 20.2 Å². The van der Waals surface area contributed by atoms with Crippen molar-refractivity contribution in [1.29, 1.82) is 0 Å². The first-order valence-corrected chi connectivity index (χ1v) is 7.76. The molecule has 0 radical (unpaired) electrons. The summed E-state index contributed by atoms with van der Waals surface area (Å²) in [4.78, 5) is 13.8. The Morgan fingerprint density at radius 3 is 2.70 bits per heavy atom. The summed E-state index contributed by atoms with van der Waals surface area (Å²) in [5, 5.41) is 9.71. The van der Waals surface area contributed by atoms with Gasteiger partial charge >= 0.3 is 0 Å². The summed E-state index contributed by atoms with van der Waals surface area (Å²) in [7, 11) is 1.77. The van der Waals surface area contributed by atoms with Gasteiger partial charge in [0.15, 0.2) is 0 Å². The lowest BCUT2D eigenvalue weighted by molar-refractivity contribution is -0.130. The minimum atomic E-state index is 0.0427. The molecule has 2 aromatic rings. The highest BCUT2D eigenvalue weighted by atomic mass is 16.5. The Kier molecular flexibility index (Phi) is 6.03. The maximum Gasteiger partial charge on any atom is 0.222 e. The average Bonchev–Trinajstić information content (AvgIpc) is 2.54. The van der Waals surface area contributed by atoms with E-state index < -0.39 is 0 Å². The molecular weight excluding hydrogens is 290 g/mol. The molecule has 0 heterocycles. The van der Waals surface area contributed by atoms with Crippen LogP contribution >= 0.6 is 0 Å². The molecule has 1 N–H and O–H groups in total. The van der Waals surface area contributed by atoms with E-state index in [1.165, 1.54) is 0 Å². The van der Waals surface area contributed by atoms with E-state index in [4.69, 9.17) is 4.74 Å². The number of aryl methyl sites for hydroxylation is 2. The Morgan fingerprint density at radius 2 is 1.96 bits per heavy atom. The smallest absolute Gasteiger partial charge is 0.222 e. The number of rotatable bonds is 7. The summed E-state index contributed by atoms with van der Waals surface area (Å²) in [5.74, 6) is 1.10. The highest BCUT2D eigenvalue weighted by molar-refractivity contribution is 5.76. The van der Waals surface area contributed by atoms with Gasteiger partial charge in [-0.2, -0.15) is 0 Å². The molecule has 0 aliphatic rings. The molecule has 0 saturated carbocycles. The summed E-state index contributed by atoms with van der Waals surface area (Å²) in [5.41, 5.74) is 1.94. The Bertz CT molecular complexity index is 655. The van der Waals surface area contributed by atoms with Gasteiger partial charge in [-0.15, -0.1) is 0 Å². The molecule has 122 valence electrons. The van der Waals surface area contributed by atoms with Gasteiger partial charge in [-0.1, -0.05) is 30.3 Å². The maximum absolute atomic E-state index is 12.1. The molecule has 4 nitrogen and oxygen atoms in total. The van der Waals surface area contributed by atoms with Gasteiger partial charge in [-0.3, -0.25) is 4.79 Å². The van der Waals surface area contributed by atoms with E-state index in [0.29, 0.717) is 26.0 Å². The van der Waals surface area contributed by atoms with E-state index in [2.05, 4.69) is 0 Å². The molecule has 0 bridgehead atoms. The fraction of sp³-hybridized carbons (Fsp3) is 0.316. The zero-order chi connectivity index (χ0) is 16.7. The fourth-order valence-electron chi connectivity index (χ4n) is 2.28. The van der Waals surface area contributed by atoms with Gasteiger partial charge in [0.1, 0.15) is 18.1 Å². The quantitative estimate of drug-likeness (QED) is 0.854. The maximum atomic E-state index is 12.1. The first-order chi connectivity index (χ1) is 11.1. The molecule has 2 rings (SSSR count). The molecule has 0 atom stereocenters. The molecular formula is C19H23NO3. The van der Waals surface area contributed by atoms with Crippen LogP contribution in [0.5, 0.6) is 11.5 Å². The monoisotopic (exact) mass is 313 g/mol. The molecule has 1 amide bonds. The Hall–Kier alpha value is -2.49. The van der Waals surface area contributed by atoms with Crippen LogP contribution in [0.2, 0.25) is 0 Å². The van der Waals surface area contributed by atoms with Crippen LogP contribution in [0.4, 0.5) is 0 Å². The molecule has 0 aliphatic heterocycles. The molecule has 23 heavy (non-hydrogen) atoms. The summed E-state index contributed by atoms with van der Waals surface area (Å²) in [6.07, 6.45) is 0.910. The molecule has 2 aromatic carbocycles. The number of likely N-dealkylation sites (N-methyl/N-ethyl adjacent to an activating group) is 1. The van der Waals surface area contributed by atoms with Crippen molar-refractivity contribution in [2.45, 2.75) is 19.8 Å². The molecule has 0 unspecified atom stereocenters. The number of phenolic OH excluding ortho intramolecular Hbond substituents is 1. The second-order valence-electron chi connectivity index (χ2n) is 5.61. The van der Waals surface area contributed by atoms with Crippen molar-refractivity contribution in [3.63, 3.8) is 0 Å². The Labute approximate surface area is 137 Å². The zero-order valence-corrected chi connectivity index (χ0v) is 13.7. The number of amides is 1. The third kappa shape index (κ3) is 5.33. The Morgan fingerprint density at radius 1 is 1.17 bits per heavy atom. The second kappa shape index (κ2) is 8.22. The molecule has 0 spiro atoms. The van der Waals surface area contributed by atoms with Gasteiger partial charge in [-0.05, 0) is 42.7 Å². The predicted molar refractivity (Wildman–Crippen MR) is 90.7 cm³/mol. The largest absolute Gasteiger partial charge is 0.508 e. The number of nitrogens with zero attached hydrogens (tertiary/aromatic N) is 1. The van der Waals surface area contributed by atoms with Crippen molar-refractivity contribution >= 4 is 5.91 Å². The van der Waals surface area contributed by atoms with Crippen molar-refractivity contribution in [3.05, 3.63) is 59.7 Å². The highest BCUT2D eigenvalue weighted by Crippen LogP contribution is 2.17. The number of carbonyl (C=O) groups is 1. The normalized spacial score (nSPS) is 10.3. The van der Waals surface area contributed by atoms with Gasteiger partial charge in [0.25, 0.3) is 0 Å². The summed E-state index contributed by atoms with van der Waals surface area (Å²) in [6, 6.07) is 15.0. The van der Waals surface area contributed by atoms with E-state index in [1.807, 2.05) is 43.3 Å². The molecule has 0 aromatic heterocycles. The standard InChI is InChI=1S/C19H23NO3/c1-15-6-5-8-17(14-15)23-13-12-20(2)19(22)11-10-16-7-3-4-9-18(16)21/h3-9,14,21H,10-13H2,1-2H3. The predicted octanol–water partition coefficient (Wildman–Crippen LogP) is 3.17. The summed E-state index contributed by atoms with van der Waals surface area (Å²) in [6.45, 7) is 3.01. The van der Waals surface area contributed by atoms with Crippen molar-refractivity contribution < 1.29 is 14.6 Å². The summed E-state index contributed by atoms with van der Waals surface area (Å²) < 4.78 is 5.66. The molecule has 4 heteroatoms. The third-order valence-electron chi connectivity index (χ3n) is 3.71. The molecule has 0 saturated heterocycles. The van der Waals surface area contributed by atoms with Gasteiger partial charge in [-0.25, -0.2) is 0 Å². The first kappa shape index (κ1) is 16.9. The lowest BCUT2D eigenvalue weighted by Gasteiger charge is -2.17. The van der Waals surface area contributed by atoms with Gasteiger partial charge < -0.3 is 14.7 Å². The van der Waals surface area contributed by atoms with Gasteiger partial charge in [0.05, 0.1) is 6.54 Å². The third-order valence-corrected chi connectivity index (χ3v) is 3.71. The Balaban J connectivity index is 1.73. The zero-order valence-electron chi connectivity index (χ0n) is 13.7. The van der Waals surface area contributed by atoms with Crippen LogP contribution in [0.15, 0.2) is 48.5 Å². The van der Waals surface area contributed by atoms with Crippen LogP contribution in [0, 0.1) is 6.92 Å². The van der Waals surface area contributed by atoms with Crippen molar-refractivity contribution in [1.82, 2.24) is 4.90 Å². The van der Waals surface area contributed by atoms with Gasteiger partial charge in [0.2, 0.25) is 5.91 Å². The lowest BCUT2D eigenvalue weighted by atomic mass is 10.1. The topological polar surface area (TPSA) is 49.8 Å². The minimum absolute atomic E-state index is 0.0427. The van der Waals surface area contributed by atoms with Crippen molar-refractivity contribution in [3.8, 4) is 11.5 Å². The van der Waals surface area contributed by atoms with E-state index in [-0.39, 0.29) is 11.7 Å². The second-order valence-corrected chi connectivity index (χ2v) is 5.61. The first-order valence-electron chi connectivity index (χ1n) is 7.76. The van der Waals surface area contributed by atoms with Gasteiger partial charge in [0, 0.05) is 13.5 Å². The number of ether oxygens (including phenoxy) is 1. The number of hydrogen-bond donors (Lipinski definition) is 1. The highest BCUT2D eigenvalue weighted by Gasteiger charge is 2.10. The number of para-hydroxylation sites is 1. The van der Waals surface area contributed by atoms with Crippen LogP contribution in [0.25, 0.3) is 0 Å². The van der Waals surface area contributed by atoms with Crippen LogP contribution < -0.4 is 4.74 Å². The average molecular weight is 313 g/mol.